The molecular formula is C19H22N2O4. The fourth-order valence-corrected chi connectivity index (χ4v) is 2.55. The molecule has 2 amide bonds. The van der Waals surface area contributed by atoms with Crippen LogP contribution in [0.1, 0.15) is 32.6 Å². The van der Waals surface area contributed by atoms with E-state index >= 15 is 0 Å². The SMILES string of the molecule is COc1cc(C)c(NC(=O)NCc2ccc(C(=O)O)cc2)c(C)c1C. The van der Waals surface area contributed by atoms with Gasteiger partial charge >= 0.3 is 12.0 Å². The minimum Gasteiger partial charge on any atom is -0.496 e. The Morgan fingerprint density at radius 3 is 2.28 bits per heavy atom. The lowest BCUT2D eigenvalue weighted by Gasteiger charge is -2.17. The quantitative estimate of drug-likeness (QED) is 0.774. The number of aromatic carboxylic acids is 1. The monoisotopic (exact) mass is 342 g/mol. The van der Waals surface area contributed by atoms with E-state index in [0.29, 0.717) is 6.54 Å². The van der Waals surface area contributed by atoms with Gasteiger partial charge in [-0.05, 0) is 61.2 Å². The van der Waals surface area contributed by atoms with Crippen LogP contribution in [0.15, 0.2) is 30.3 Å². The summed E-state index contributed by atoms with van der Waals surface area (Å²) in [6.07, 6.45) is 0. The van der Waals surface area contributed by atoms with Crippen molar-refractivity contribution in [3.63, 3.8) is 0 Å². The van der Waals surface area contributed by atoms with E-state index in [-0.39, 0.29) is 11.6 Å². The van der Waals surface area contributed by atoms with Crippen LogP contribution in [-0.2, 0) is 6.54 Å². The summed E-state index contributed by atoms with van der Waals surface area (Å²) < 4.78 is 5.33. The van der Waals surface area contributed by atoms with Gasteiger partial charge < -0.3 is 20.5 Å². The maximum absolute atomic E-state index is 12.2. The number of anilines is 1. The Morgan fingerprint density at radius 2 is 1.72 bits per heavy atom. The normalized spacial score (nSPS) is 10.2. The summed E-state index contributed by atoms with van der Waals surface area (Å²) in [6, 6.07) is 7.95. The number of methoxy groups -OCH3 is 1. The molecule has 6 nitrogen and oxygen atoms in total. The molecule has 0 aromatic heterocycles. The second-order valence-corrected chi connectivity index (χ2v) is 5.83. The predicted molar refractivity (Wildman–Crippen MR) is 96.5 cm³/mol. The number of urea groups is 1. The molecule has 0 aliphatic rings. The highest BCUT2D eigenvalue weighted by Gasteiger charge is 2.13. The number of ether oxygens (including phenoxy) is 1. The molecule has 0 spiro atoms. The third kappa shape index (κ3) is 4.29. The molecule has 0 unspecified atom stereocenters. The molecule has 0 saturated carbocycles. The van der Waals surface area contributed by atoms with E-state index < -0.39 is 5.97 Å². The zero-order chi connectivity index (χ0) is 18.6. The summed E-state index contributed by atoms with van der Waals surface area (Å²) in [6.45, 7) is 6.10. The molecule has 0 aliphatic heterocycles. The average Bonchev–Trinajstić information content (AvgIpc) is 2.60. The number of hydrogen-bond donors (Lipinski definition) is 3. The van der Waals surface area contributed by atoms with Gasteiger partial charge in [0.1, 0.15) is 5.75 Å². The summed E-state index contributed by atoms with van der Waals surface area (Å²) in [7, 11) is 1.62. The summed E-state index contributed by atoms with van der Waals surface area (Å²) in [5, 5.41) is 14.5. The molecule has 0 saturated heterocycles. The van der Waals surface area contributed by atoms with Gasteiger partial charge in [-0.2, -0.15) is 0 Å². The van der Waals surface area contributed by atoms with Crippen LogP contribution in [0.3, 0.4) is 0 Å². The Hall–Kier alpha value is -3.02. The van der Waals surface area contributed by atoms with E-state index in [0.717, 1.165) is 33.7 Å². The number of carbonyl (C=O) groups excluding carboxylic acids is 1. The number of carboxylic acid groups (broad SMARTS) is 1. The van der Waals surface area contributed by atoms with E-state index in [1.165, 1.54) is 12.1 Å². The van der Waals surface area contributed by atoms with Crippen molar-refractivity contribution in [2.75, 3.05) is 12.4 Å². The number of nitrogens with one attached hydrogen (secondary N) is 2. The lowest BCUT2D eigenvalue weighted by molar-refractivity contribution is 0.0697. The molecule has 2 aromatic carbocycles. The van der Waals surface area contributed by atoms with Crippen molar-refractivity contribution in [3.05, 3.63) is 58.1 Å². The van der Waals surface area contributed by atoms with E-state index in [1.54, 1.807) is 19.2 Å². The predicted octanol–water partition coefficient (Wildman–Crippen LogP) is 3.64. The molecule has 0 atom stereocenters. The molecule has 0 heterocycles. The van der Waals surface area contributed by atoms with Gasteiger partial charge in [0.2, 0.25) is 0 Å². The van der Waals surface area contributed by atoms with Crippen molar-refractivity contribution >= 4 is 17.7 Å². The largest absolute Gasteiger partial charge is 0.496 e. The molecule has 132 valence electrons. The first-order chi connectivity index (χ1) is 11.8. The zero-order valence-electron chi connectivity index (χ0n) is 14.8. The van der Waals surface area contributed by atoms with Crippen molar-refractivity contribution in [2.24, 2.45) is 0 Å². The van der Waals surface area contributed by atoms with E-state index in [1.807, 2.05) is 26.8 Å². The molecule has 0 radical (unpaired) electrons. The molecule has 3 N–H and O–H groups in total. The number of aryl methyl sites for hydroxylation is 1. The second-order valence-electron chi connectivity index (χ2n) is 5.83. The van der Waals surface area contributed by atoms with Gasteiger partial charge in [-0.3, -0.25) is 0 Å². The molecular weight excluding hydrogens is 320 g/mol. The maximum atomic E-state index is 12.2. The summed E-state index contributed by atoms with van der Waals surface area (Å²) >= 11 is 0. The highest BCUT2D eigenvalue weighted by atomic mass is 16.5. The summed E-state index contributed by atoms with van der Waals surface area (Å²) in [5.74, 6) is -0.183. The Labute approximate surface area is 146 Å². The van der Waals surface area contributed by atoms with Gasteiger partial charge in [-0.15, -0.1) is 0 Å². The van der Waals surface area contributed by atoms with Gasteiger partial charge in [0.05, 0.1) is 12.7 Å². The second kappa shape index (κ2) is 7.70. The number of carboxylic acids is 1. The average molecular weight is 342 g/mol. The van der Waals surface area contributed by atoms with Crippen LogP contribution in [0.5, 0.6) is 5.75 Å². The number of carbonyl (C=O) groups is 2. The minimum absolute atomic E-state index is 0.216. The molecule has 0 bridgehead atoms. The minimum atomic E-state index is -0.974. The molecule has 0 aliphatic carbocycles. The van der Waals surface area contributed by atoms with Crippen LogP contribution in [0.25, 0.3) is 0 Å². The summed E-state index contributed by atoms with van der Waals surface area (Å²) in [4.78, 5) is 23.0. The van der Waals surface area contributed by atoms with Gasteiger partial charge in [-0.25, -0.2) is 9.59 Å². The first-order valence-electron chi connectivity index (χ1n) is 7.85. The fraction of sp³-hybridized carbons (Fsp3) is 0.263. The molecule has 6 heteroatoms. The zero-order valence-corrected chi connectivity index (χ0v) is 14.8. The Bertz CT molecular complexity index is 798. The fourth-order valence-electron chi connectivity index (χ4n) is 2.55. The third-order valence-electron chi connectivity index (χ3n) is 4.16. The molecule has 0 fully saturated rings. The van der Waals surface area contributed by atoms with Crippen LogP contribution in [0, 0.1) is 20.8 Å². The standard InChI is InChI=1S/C19H22N2O4/c1-11-9-16(25-4)12(2)13(3)17(11)21-19(24)20-10-14-5-7-15(8-6-14)18(22)23/h5-9H,10H2,1-4H3,(H,22,23)(H2,20,21,24). The number of hydrogen-bond acceptors (Lipinski definition) is 3. The Morgan fingerprint density at radius 1 is 1.08 bits per heavy atom. The van der Waals surface area contributed by atoms with Crippen molar-refractivity contribution in [3.8, 4) is 5.75 Å². The van der Waals surface area contributed by atoms with Crippen molar-refractivity contribution in [1.82, 2.24) is 5.32 Å². The molecule has 2 rings (SSSR count). The van der Waals surface area contributed by atoms with Crippen LogP contribution in [0.2, 0.25) is 0 Å². The van der Waals surface area contributed by atoms with Gasteiger partial charge in [-0.1, -0.05) is 12.1 Å². The van der Waals surface area contributed by atoms with E-state index in [9.17, 15) is 9.59 Å². The number of amides is 2. The third-order valence-corrected chi connectivity index (χ3v) is 4.16. The van der Waals surface area contributed by atoms with Crippen LogP contribution >= 0.6 is 0 Å². The van der Waals surface area contributed by atoms with Crippen LogP contribution < -0.4 is 15.4 Å². The number of benzene rings is 2. The van der Waals surface area contributed by atoms with Gasteiger partial charge in [0, 0.05) is 12.2 Å². The van der Waals surface area contributed by atoms with Crippen molar-refractivity contribution in [1.29, 1.82) is 0 Å². The van der Waals surface area contributed by atoms with Crippen molar-refractivity contribution in [2.45, 2.75) is 27.3 Å². The maximum Gasteiger partial charge on any atom is 0.335 e. The Kier molecular flexibility index (Phi) is 5.64. The summed E-state index contributed by atoms with van der Waals surface area (Å²) in [5.41, 5.74) is 4.65. The number of rotatable bonds is 5. The smallest absolute Gasteiger partial charge is 0.335 e. The van der Waals surface area contributed by atoms with Crippen LogP contribution in [-0.4, -0.2) is 24.2 Å². The lowest BCUT2D eigenvalue weighted by Crippen LogP contribution is -2.29. The van der Waals surface area contributed by atoms with Crippen molar-refractivity contribution < 1.29 is 19.4 Å². The van der Waals surface area contributed by atoms with E-state index in [2.05, 4.69) is 10.6 Å². The van der Waals surface area contributed by atoms with E-state index in [4.69, 9.17) is 9.84 Å². The first kappa shape index (κ1) is 18.3. The molecule has 2 aromatic rings. The highest BCUT2D eigenvalue weighted by Crippen LogP contribution is 2.31. The van der Waals surface area contributed by atoms with Gasteiger partial charge in [0.25, 0.3) is 0 Å². The van der Waals surface area contributed by atoms with Gasteiger partial charge in [0.15, 0.2) is 0 Å². The lowest BCUT2D eigenvalue weighted by atomic mass is 10.0. The highest BCUT2D eigenvalue weighted by molar-refractivity contribution is 5.91. The molecule has 25 heavy (non-hydrogen) atoms. The first-order valence-corrected chi connectivity index (χ1v) is 7.85. The topological polar surface area (TPSA) is 87.7 Å². The van der Waals surface area contributed by atoms with Crippen LogP contribution in [0.4, 0.5) is 10.5 Å². The Balaban J connectivity index is 2.03.